The summed E-state index contributed by atoms with van der Waals surface area (Å²) >= 11 is 0. The van der Waals surface area contributed by atoms with Gasteiger partial charge >= 0.3 is 0 Å². The minimum absolute atomic E-state index is 0. The van der Waals surface area contributed by atoms with E-state index < -0.39 is 0 Å². The average Bonchev–Trinajstić information content (AvgIpc) is 3.01. The van der Waals surface area contributed by atoms with E-state index in [1.54, 1.807) is 0 Å². The largest absolute Gasteiger partial charge is 0.341 e. The number of hydrogen-bond acceptors (Lipinski definition) is 2. The highest BCUT2D eigenvalue weighted by molar-refractivity contribution is 5.87. The number of benzene rings is 2. The Morgan fingerprint density at radius 1 is 1.04 bits per heavy atom. The van der Waals surface area contributed by atoms with E-state index in [-0.39, 0.29) is 24.2 Å². The van der Waals surface area contributed by atoms with Crippen molar-refractivity contribution in [2.45, 2.75) is 18.3 Å². The number of halogens is 1. The standard InChI is InChI=1S/C20H22N2O.ClH/c21-11-16-12-22(13-19(16)14-6-2-1-3-7-14)20(23)18-10-15-8-4-5-9-17(15)18;/h1-9,16,18-19H,10-13,21H2;1H/t16-,18?,19+;/m1./s1. The molecule has 4 rings (SSSR count). The number of rotatable bonds is 3. The maximum absolute atomic E-state index is 12.9. The van der Waals surface area contributed by atoms with Crippen molar-refractivity contribution in [2.24, 2.45) is 11.7 Å². The Kier molecular flexibility index (Phi) is 4.93. The Bertz CT molecular complexity index is 719. The quantitative estimate of drug-likeness (QED) is 0.932. The Morgan fingerprint density at radius 3 is 2.46 bits per heavy atom. The number of hydrogen-bond donors (Lipinski definition) is 1. The van der Waals surface area contributed by atoms with E-state index in [1.165, 1.54) is 16.7 Å². The van der Waals surface area contributed by atoms with Crippen LogP contribution in [0.15, 0.2) is 54.6 Å². The summed E-state index contributed by atoms with van der Waals surface area (Å²) in [4.78, 5) is 15.0. The summed E-state index contributed by atoms with van der Waals surface area (Å²) < 4.78 is 0. The predicted molar refractivity (Wildman–Crippen MR) is 98.4 cm³/mol. The third-order valence-corrected chi connectivity index (χ3v) is 5.44. The smallest absolute Gasteiger partial charge is 0.230 e. The molecule has 0 aromatic heterocycles. The molecule has 2 aromatic carbocycles. The van der Waals surface area contributed by atoms with Crippen LogP contribution in [0.4, 0.5) is 0 Å². The lowest BCUT2D eigenvalue weighted by Crippen LogP contribution is -2.38. The number of amides is 1. The van der Waals surface area contributed by atoms with E-state index in [1.807, 2.05) is 23.1 Å². The molecule has 2 aliphatic rings. The van der Waals surface area contributed by atoms with Crippen LogP contribution in [0.25, 0.3) is 0 Å². The molecule has 1 fully saturated rings. The van der Waals surface area contributed by atoms with Gasteiger partial charge < -0.3 is 10.6 Å². The molecule has 3 nitrogen and oxygen atoms in total. The highest BCUT2D eigenvalue weighted by Crippen LogP contribution is 2.39. The predicted octanol–water partition coefficient (Wildman–Crippen LogP) is 2.95. The second-order valence-electron chi connectivity index (χ2n) is 6.71. The fraction of sp³-hybridized carbons (Fsp3) is 0.350. The topological polar surface area (TPSA) is 46.3 Å². The van der Waals surface area contributed by atoms with Gasteiger partial charge in [-0.15, -0.1) is 12.4 Å². The highest BCUT2D eigenvalue weighted by Gasteiger charge is 2.40. The molecule has 1 aliphatic heterocycles. The lowest BCUT2D eigenvalue weighted by molar-refractivity contribution is -0.132. The van der Waals surface area contributed by atoms with Crippen LogP contribution in [0.3, 0.4) is 0 Å². The molecule has 126 valence electrons. The maximum Gasteiger partial charge on any atom is 0.230 e. The second kappa shape index (κ2) is 6.96. The summed E-state index contributed by atoms with van der Waals surface area (Å²) in [7, 11) is 0. The van der Waals surface area contributed by atoms with E-state index in [2.05, 4.69) is 36.4 Å². The Balaban J connectivity index is 0.00000169. The fourth-order valence-electron chi connectivity index (χ4n) is 4.07. The molecule has 1 unspecified atom stereocenters. The van der Waals surface area contributed by atoms with Crippen molar-refractivity contribution in [1.82, 2.24) is 4.90 Å². The minimum Gasteiger partial charge on any atom is -0.341 e. The molecule has 0 bridgehead atoms. The minimum atomic E-state index is 0. The van der Waals surface area contributed by atoms with Gasteiger partial charge in [-0.1, -0.05) is 54.6 Å². The van der Waals surface area contributed by atoms with Crippen molar-refractivity contribution in [1.29, 1.82) is 0 Å². The molecular formula is C20H23ClN2O. The first-order valence-electron chi connectivity index (χ1n) is 8.39. The van der Waals surface area contributed by atoms with Crippen LogP contribution in [0.2, 0.25) is 0 Å². The number of nitrogens with zero attached hydrogens (tertiary/aromatic N) is 1. The van der Waals surface area contributed by atoms with Crippen LogP contribution in [-0.2, 0) is 11.2 Å². The number of carbonyl (C=O) groups excluding carboxylic acids is 1. The first kappa shape index (κ1) is 17.0. The van der Waals surface area contributed by atoms with Crippen LogP contribution >= 0.6 is 12.4 Å². The molecule has 0 saturated carbocycles. The third kappa shape index (κ3) is 2.83. The molecule has 2 aromatic rings. The third-order valence-electron chi connectivity index (χ3n) is 5.44. The maximum atomic E-state index is 12.9. The zero-order chi connectivity index (χ0) is 15.8. The van der Waals surface area contributed by atoms with Gasteiger partial charge in [0.1, 0.15) is 0 Å². The first-order valence-corrected chi connectivity index (χ1v) is 8.39. The van der Waals surface area contributed by atoms with E-state index in [4.69, 9.17) is 5.73 Å². The Hall–Kier alpha value is -1.84. The number of carbonyl (C=O) groups is 1. The van der Waals surface area contributed by atoms with Crippen molar-refractivity contribution in [3.8, 4) is 0 Å². The molecule has 1 amide bonds. The molecule has 3 atom stereocenters. The summed E-state index contributed by atoms with van der Waals surface area (Å²) in [5.74, 6) is 1.05. The summed E-state index contributed by atoms with van der Waals surface area (Å²) in [6.07, 6.45) is 0.884. The van der Waals surface area contributed by atoms with Gasteiger partial charge in [-0.05, 0) is 35.6 Å². The van der Waals surface area contributed by atoms with Gasteiger partial charge in [-0.2, -0.15) is 0 Å². The van der Waals surface area contributed by atoms with Crippen LogP contribution in [0.5, 0.6) is 0 Å². The zero-order valence-electron chi connectivity index (χ0n) is 13.6. The molecule has 1 saturated heterocycles. The van der Waals surface area contributed by atoms with Crippen LogP contribution in [0.1, 0.15) is 28.5 Å². The Morgan fingerprint density at radius 2 is 1.75 bits per heavy atom. The van der Waals surface area contributed by atoms with Gasteiger partial charge in [0.05, 0.1) is 5.92 Å². The first-order chi connectivity index (χ1) is 11.3. The molecule has 24 heavy (non-hydrogen) atoms. The SMILES string of the molecule is Cl.NC[C@@H]1CN(C(=O)C2Cc3ccccc32)C[C@H]1c1ccccc1. The number of nitrogens with two attached hydrogens (primary N) is 1. The monoisotopic (exact) mass is 342 g/mol. The van der Waals surface area contributed by atoms with E-state index >= 15 is 0 Å². The molecule has 4 heteroatoms. The normalized spacial score (nSPS) is 24.7. The molecule has 0 radical (unpaired) electrons. The summed E-state index contributed by atoms with van der Waals surface area (Å²) in [6.45, 7) is 2.21. The van der Waals surface area contributed by atoms with Crippen molar-refractivity contribution in [3.63, 3.8) is 0 Å². The average molecular weight is 343 g/mol. The van der Waals surface area contributed by atoms with Gasteiger partial charge in [-0.3, -0.25) is 4.79 Å². The molecule has 1 aliphatic carbocycles. The van der Waals surface area contributed by atoms with Crippen molar-refractivity contribution < 1.29 is 4.79 Å². The van der Waals surface area contributed by atoms with Crippen molar-refractivity contribution in [2.75, 3.05) is 19.6 Å². The molecular weight excluding hydrogens is 320 g/mol. The fourth-order valence-corrected chi connectivity index (χ4v) is 4.07. The van der Waals surface area contributed by atoms with Gasteiger partial charge in [-0.25, -0.2) is 0 Å². The highest BCUT2D eigenvalue weighted by atomic mass is 35.5. The van der Waals surface area contributed by atoms with Crippen molar-refractivity contribution >= 4 is 18.3 Å². The lowest BCUT2D eigenvalue weighted by atomic mass is 9.77. The van der Waals surface area contributed by atoms with Crippen LogP contribution in [0, 0.1) is 5.92 Å². The van der Waals surface area contributed by atoms with E-state index in [0.717, 1.165) is 19.5 Å². The lowest BCUT2D eigenvalue weighted by Gasteiger charge is -2.32. The second-order valence-corrected chi connectivity index (χ2v) is 6.71. The summed E-state index contributed by atoms with van der Waals surface area (Å²) in [5.41, 5.74) is 9.82. The molecule has 0 spiro atoms. The summed E-state index contributed by atoms with van der Waals surface area (Å²) in [6, 6.07) is 18.8. The number of likely N-dealkylation sites (tertiary alicyclic amines) is 1. The molecule has 1 heterocycles. The van der Waals surface area contributed by atoms with Gasteiger partial charge in [0.2, 0.25) is 5.91 Å². The van der Waals surface area contributed by atoms with E-state index in [0.29, 0.717) is 18.4 Å². The number of fused-ring (bicyclic) bond motifs is 1. The van der Waals surface area contributed by atoms with Crippen LogP contribution in [-0.4, -0.2) is 30.4 Å². The summed E-state index contributed by atoms with van der Waals surface area (Å²) in [5, 5.41) is 0. The van der Waals surface area contributed by atoms with Crippen LogP contribution < -0.4 is 5.73 Å². The van der Waals surface area contributed by atoms with Gasteiger partial charge in [0.15, 0.2) is 0 Å². The molecule has 2 N–H and O–H groups in total. The van der Waals surface area contributed by atoms with E-state index in [9.17, 15) is 4.79 Å². The van der Waals surface area contributed by atoms with Gasteiger partial charge in [0, 0.05) is 19.0 Å². The Labute approximate surface area is 149 Å². The van der Waals surface area contributed by atoms with Crippen molar-refractivity contribution in [3.05, 3.63) is 71.3 Å². The van der Waals surface area contributed by atoms with Gasteiger partial charge in [0.25, 0.3) is 0 Å². The zero-order valence-corrected chi connectivity index (χ0v) is 14.4.